The zero-order valence-corrected chi connectivity index (χ0v) is 16.3. The Morgan fingerprint density at radius 1 is 1.19 bits per heavy atom. The van der Waals surface area contributed by atoms with Crippen molar-refractivity contribution in [1.29, 1.82) is 0 Å². The van der Waals surface area contributed by atoms with Crippen molar-refractivity contribution in [3.05, 3.63) is 29.8 Å². The zero-order chi connectivity index (χ0) is 19.6. The van der Waals surface area contributed by atoms with Crippen LogP contribution >= 0.6 is 0 Å². The second kappa shape index (κ2) is 10.6. The summed E-state index contributed by atoms with van der Waals surface area (Å²) in [4.78, 5) is 24.1. The molecule has 0 heterocycles. The van der Waals surface area contributed by atoms with Gasteiger partial charge in [-0.25, -0.2) is 0 Å². The van der Waals surface area contributed by atoms with E-state index in [0.29, 0.717) is 24.7 Å². The molecule has 0 saturated heterocycles. The Hall–Kier alpha value is -2.50. The van der Waals surface area contributed by atoms with Crippen LogP contribution in [0.2, 0.25) is 0 Å². The first kappa shape index (κ1) is 20.8. The summed E-state index contributed by atoms with van der Waals surface area (Å²) in [5.41, 5.74) is 0.843. The van der Waals surface area contributed by atoms with Gasteiger partial charge in [0.1, 0.15) is 0 Å². The molecule has 2 unspecified atom stereocenters. The van der Waals surface area contributed by atoms with Crippen molar-refractivity contribution in [3.63, 3.8) is 0 Å². The second-order valence-corrected chi connectivity index (χ2v) is 6.60. The fourth-order valence-electron chi connectivity index (χ4n) is 3.44. The van der Waals surface area contributed by atoms with Crippen LogP contribution in [0.3, 0.4) is 0 Å². The fourth-order valence-corrected chi connectivity index (χ4v) is 3.44. The van der Waals surface area contributed by atoms with Gasteiger partial charge in [0, 0.05) is 12.6 Å². The van der Waals surface area contributed by atoms with Crippen molar-refractivity contribution in [2.24, 2.45) is 11.8 Å². The van der Waals surface area contributed by atoms with E-state index >= 15 is 0 Å². The summed E-state index contributed by atoms with van der Waals surface area (Å²) in [5, 5.41) is 2.90. The lowest BCUT2D eigenvalue weighted by atomic mass is 9.79. The molecular formula is C21H29NO5. The highest BCUT2D eigenvalue weighted by Crippen LogP contribution is 2.30. The molecule has 148 valence electrons. The van der Waals surface area contributed by atoms with Gasteiger partial charge < -0.3 is 19.5 Å². The Kier molecular flexibility index (Phi) is 8.17. The number of benzene rings is 1. The minimum Gasteiger partial charge on any atom is -0.493 e. The molecule has 0 spiro atoms. The van der Waals surface area contributed by atoms with Gasteiger partial charge in [-0.3, -0.25) is 9.59 Å². The van der Waals surface area contributed by atoms with Crippen LogP contribution < -0.4 is 14.8 Å². The van der Waals surface area contributed by atoms with Crippen molar-refractivity contribution in [1.82, 2.24) is 5.32 Å². The number of hydrogen-bond acceptors (Lipinski definition) is 5. The van der Waals surface area contributed by atoms with Gasteiger partial charge in [0.15, 0.2) is 11.5 Å². The largest absolute Gasteiger partial charge is 0.493 e. The molecule has 0 bridgehead atoms. The summed E-state index contributed by atoms with van der Waals surface area (Å²) in [6.07, 6.45) is 7.09. The van der Waals surface area contributed by atoms with Gasteiger partial charge >= 0.3 is 5.97 Å². The maximum atomic E-state index is 12.2. The Labute approximate surface area is 160 Å². The Morgan fingerprint density at radius 3 is 2.67 bits per heavy atom. The predicted octanol–water partition coefficient (Wildman–Crippen LogP) is 3.20. The third kappa shape index (κ3) is 6.01. The lowest BCUT2D eigenvalue weighted by Gasteiger charge is -2.29. The van der Waals surface area contributed by atoms with Crippen molar-refractivity contribution in [2.45, 2.75) is 32.6 Å². The van der Waals surface area contributed by atoms with Crippen LogP contribution in [0, 0.1) is 11.8 Å². The smallest absolute Gasteiger partial charge is 0.309 e. The topological polar surface area (TPSA) is 73.9 Å². The normalized spacial score (nSPS) is 19.5. The molecule has 6 nitrogen and oxygen atoms in total. The van der Waals surface area contributed by atoms with E-state index in [2.05, 4.69) is 5.32 Å². The number of amides is 1. The molecule has 1 aromatic rings. The molecule has 2 rings (SSSR count). The van der Waals surface area contributed by atoms with E-state index in [4.69, 9.17) is 14.2 Å². The van der Waals surface area contributed by atoms with E-state index in [9.17, 15) is 9.59 Å². The molecule has 1 N–H and O–H groups in total. The van der Waals surface area contributed by atoms with E-state index in [0.717, 1.165) is 31.2 Å². The number of carbonyl (C=O) groups excluding carboxylic acids is 2. The van der Waals surface area contributed by atoms with Gasteiger partial charge in [0.05, 0.1) is 26.7 Å². The van der Waals surface area contributed by atoms with Crippen molar-refractivity contribution in [3.8, 4) is 11.5 Å². The molecule has 1 aliphatic carbocycles. The minimum absolute atomic E-state index is 0.122. The monoisotopic (exact) mass is 375 g/mol. The molecule has 1 aromatic carbocycles. The molecule has 27 heavy (non-hydrogen) atoms. The standard InChI is InChI=1S/C21H29NO5/c1-4-27-18-11-9-15(13-19(18)25-2)10-12-20(23)22-14-16-7-5-6-8-17(16)21(24)26-3/h9-13,16-17H,4-8,14H2,1-3H3,(H,22,23)/b12-10+. The predicted molar refractivity (Wildman–Crippen MR) is 104 cm³/mol. The summed E-state index contributed by atoms with van der Waals surface area (Å²) in [7, 11) is 3.00. The minimum atomic E-state index is -0.183. The van der Waals surface area contributed by atoms with Crippen LogP contribution in [0.15, 0.2) is 24.3 Å². The van der Waals surface area contributed by atoms with Crippen molar-refractivity contribution < 1.29 is 23.8 Å². The summed E-state index contributed by atoms with van der Waals surface area (Å²) in [6.45, 7) is 2.95. The van der Waals surface area contributed by atoms with Crippen molar-refractivity contribution in [2.75, 3.05) is 27.4 Å². The average molecular weight is 375 g/mol. The van der Waals surface area contributed by atoms with Gasteiger partial charge in [-0.05, 0) is 49.5 Å². The molecule has 2 atom stereocenters. The van der Waals surface area contributed by atoms with Gasteiger partial charge in [0.2, 0.25) is 5.91 Å². The lowest BCUT2D eigenvalue weighted by Crippen LogP contribution is -2.37. The highest BCUT2D eigenvalue weighted by atomic mass is 16.5. The zero-order valence-electron chi connectivity index (χ0n) is 16.3. The maximum Gasteiger partial charge on any atom is 0.309 e. The SMILES string of the molecule is CCOc1ccc(/C=C/C(=O)NCC2CCCCC2C(=O)OC)cc1OC. The van der Waals surface area contributed by atoms with Gasteiger partial charge in [-0.2, -0.15) is 0 Å². The van der Waals surface area contributed by atoms with Crippen LogP contribution in [0.5, 0.6) is 11.5 Å². The molecule has 1 amide bonds. The van der Waals surface area contributed by atoms with Crippen LogP contribution in [0.4, 0.5) is 0 Å². The number of nitrogens with one attached hydrogen (secondary N) is 1. The first-order valence-electron chi connectivity index (χ1n) is 9.43. The molecular weight excluding hydrogens is 346 g/mol. The third-order valence-corrected chi connectivity index (χ3v) is 4.87. The number of rotatable bonds is 8. The number of methoxy groups -OCH3 is 2. The first-order valence-corrected chi connectivity index (χ1v) is 9.43. The number of ether oxygens (including phenoxy) is 3. The van der Waals surface area contributed by atoms with Gasteiger partial charge in [0.25, 0.3) is 0 Å². The van der Waals surface area contributed by atoms with E-state index in [1.165, 1.54) is 13.2 Å². The molecule has 0 radical (unpaired) electrons. The van der Waals surface area contributed by atoms with Crippen LogP contribution in [0.1, 0.15) is 38.2 Å². The van der Waals surface area contributed by atoms with E-state index in [-0.39, 0.29) is 23.7 Å². The van der Waals surface area contributed by atoms with Crippen LogP contribution in [-0.2, 0) is 14.3 Å². The highest BCUT2D eigenvalue weighted by molar-refractivity contribution is 5.91. The summed E-state index contributed by atoms with van der Waals surface area (Å²) in [6, 6.07) is 5.51. The fraction of sp³-hybridized carbons (Fsp3) is 0.524. The highest BCUT2D eigenvalue weighted by Gasteiger charge is 2.31. The second-order valence-electron chi connectivity index (χ2n) is 6.60. The summed E-state index contributed by atoms with van der Waals surface area (Å²) >= 11 is 0. The van der Waals surface area contributed by atoms with Crippen LogP contribution in [0.25, 0.3) is 6.08 Å². The van der Waals surface area contributed by atoms with Crippen molar-refractivity contribution >= 4 is 18.0 Å². The molecule has 0 aliphatic heterocycles. The Balaban J connectivity index is 1.92. The molecule has 1 saturated carbocycles. The molecule has 6 heteroatoms. The quantitative estimate of drug-likeness (QED) is 0.558. The molecule has 1 fully saturated rings. The van der Waals surface area contributed by atoms with Gasteiger partial charge in [-0.1, -0.05) is 18.9 Å². The number of hydrogen-bond donors (Lipinski definition) is 1. The lowest BCUT2D eigenvalue weighted by molar-refractivity contribution is -0.148. The third-order valence-electron chi connectivity index (χ3n) is 4.87. The average Bonchev–Trinajstić information content (AvgIpc) is 2.71. The van der Waals surface area contributed by atoms with E-state index in [1.807, 2.05) is 25.1 Å². The number of carbonyl (C=O) groups is 2. The number of esters is 1. The maximum absolute atomic E-state index is 12.2. The van der Waals surface area contributed by atoms with Gasteiger partial charge in [-0.15, -0.1) is 0 Å². The molecule has 1 aliphatic rings. The summed E-state index contributed by atoms with van der Waals surface area (Å²) in [5.74, 6) is 0.954. The Bertz CT molecular complexity index is 671. The van der Waals surface area contributed by atoms with E-state index < -0.39 is 0 Å². The molecule has 0 aromatic heterocycles. The first-order chi connectivity index (χ1) is 13.1. The van der Waals surface area contributed by atoms with Crippen LogP contribution in [-0.4, -0.2) is 39.2 Å². The van der Waals surface area contributed by atoms with E-state index in [1.54, 1.807) is 13.2 Å². The Morgan fingerprint density at radius 2 is 1.96 bits per heavy atom. The summed E-state index contributed by atoms with van der Waals surface area (Å²) < 4.78 is 15.7.